The molecule has 0 radical (unpaired) electrons. The SMILES string of the molecule is CN(CC(O)c1c(F)cccc1C1CO1)C(=O)OC(C)(C)C. The molecule has 1 amide bonds. The number of epoxide rings is 1. The molecule has 0 aromatic heterocycles. The second-order valence-corrected chi connectivity index (χ2v) is 6.44. The first-order valence-electron chi connectivity index (χ1n) is 7.21. The average molecular weight is 311 g/mol. The Balaban J connectivity index is 2.09. The molecule has 1 aromatic carbocycles. The molecule has 1 N–H and O–H groups in total. The lowest BCUT2D eigenvalue weighted by molar-refractivity contribution is 0.0201. The van der Waals surface area contributed by atoms with E-state index in [4.69, 9.17) is 9.47 Å². The van der Waals surface area contributed by atoms with Crippen LogP contribution in [0.4, 0.5) is 9.18 Å². The summed E-state index contributed by atoms with van der Waals surface area (Å²) in [5, 5.41) is 10.3. The predicted octanol–water partition coefficient (Wildman–Crippen LogP) is 2.80. The third kappa shape index (κ3) is 4.18. The fraction of sp³-hybridized carbons (Fsp3) is 0.562. The molecule has 1 saturated heterocycles. The second-order valence-electron chi connectivity index (χ2n) is 6.44. The number of halogens is 1. The normalized spacial score (nSPS) is 18.7. The molecule has 1 aliphatic heterocycles. The van der Waals surface area contributed by atoms with Crippen molar-refractivity contribution in [3.05, 3.63) is 35.1 Å². The van der Waals surface area contributed by atoms with Gasteiger partial charge in [-0.2, -0.15) is 0 Å². The Morgan fingerprint density at radius 3 is 2.73 bits per heavy atom. The maximum atomic E-state index is 14.1. The molecule has 22 heavy (non-hydrogen) atoms. The maximum absolute atomic E-state index is 14.1. The number of hydrogen-bond donors (Lipinski definition) is 1. The van der Waals surface area contributed by atoms with Gasteiger partial charge < -0.3 is 19.5 Å². The van der Waals surface area contributed by atoms with Crippen LogP contribution < -0.4 is 0 Å². The monoisotopic (exact) mass is 311 g/mol. The van der Waals surface area contributed by atoms with E-state index in [2.05, 4.69) is 0 Å². The first-order chi connectivity index (χ1) is 10.2. The summed E-state index contributed by atoms with van der Waals surface area (Å²) < 4.78 is 24.5. The van der Waals surface area contributed by atoms with E-state index in [0.717, 1.165) is 0 Å². The van der Waals surface area contributed by atoms with E-state index < -0.39 is 23.6 Å². The molecule has 2 rings (SSSR count). The predicted molar refractivity (Wildman–Crippen MR) is 78.9 cm³/mol. The average Bonchev–Trinajstić information content (AvgIpc) is 3.20. The lowest BCUT2D eigenvalue weighted by Crippen LogP contribution is -2.36. The highest BCUT2D eigenvalue weighted by Gasteiger charge is 2.32. The fourth-order valence-electron chi connectivity index (χ4n) is 2.18. The number of carbonyl (C=O) groups excluding carboxylic acids is 1. The van der Waals surface area contributed by atoms with E-state index in [1.165, 1.54) is 18.0 Å². The van der Waals surface area contributed by atoms with Crippen molar-refractivity contribution in [2.75, 3.05) is 20.2 Å². The summed E-state index contributed by atoms with van der Waals surface area (Å²) >= 11 is 0. The number of rotatable bonds is 4. The van der Waals surface area contributed by atoms with Crippen molar-refractivity contribution in [3.8, 4) is 0 Å². The zero-order chi connectivity index (χ0) is 16.5. The molecule has 2 unspecified atom stereocenters. The highest BCUT2D eigenvalue weighted by molar-refractivity contribution is 5.67. The Bertz CT molecular complexity index is 552. The summed E-state index contributed by atoms with van der Waals surface area (Å²) in [5.41, 5.74) is 0.187. The van der Waals surface area contributed by atoms with Crippen LogP contribution in [-0.4, -0.2) is 41.9 Å². The quantitative estimate of drug-likeness (QED) is 0.869. The molecule has 0 saturated carbocycles. The van der Waals surface area contributed by atoms with Gasteiger partial charge in [-0.05, 0) is 32.4 Å². The van der Waals surface area contributed by atoms with Crippen LogP contribution in [0.5, 0.6) is 0 Å². The standard InChI is InChI=1S/C16H22FNO4/c1-16(2,3)22-15(20)18(4)8-12(19)14-10(13-9-21-13)6-5-7-11(14)17/h5-7,12-13,19H,8-9H2,1-4H3. The lowest BCUT2D eigenvalue weighted by Gasteiger charge is -2.26. The van der Waals surface area contributed by atoms with Crippen molar-refractivity contribution in [2.24, 2.45) is 0 Å². The summed E-state index contributed by atoms with van der Waals surface area (Å²) in [7, 11) is 1.51. The summed E-state index contributed by atoms with van der Waals surface area (Å²) in [6.07, 6.45) is -1.88. The lowest BCUT2D eigenvalue weighted by atomic mass is 9.99. The molecule has 2 atom stereocenters. The van der Waals surface area contributed by atoms with Gasteiger partial charge in [0.1, 0.15) is 17.5 Å². The number of likely N-dealkylation sites (N-methyl/N-ethyl adjacent to an activating group) is 1. The van der Waals surface area contributed by atoms with E-state index in [1.54, 1.807) is 32.9 Å². The minimum absolute atomic E-state index is 0.0600. The van der Waals surface area contributed by atoms with Crippen LogP contribution in [0, 0.1) is 5.82 Å². The van der Waals surface area contributed by atoms with Gasteiger partial charge >= 0.3 is 6.09 Å². The molecule has 5 nitrogen and oxygen atoms in total. The molecule has 122 valence electrons. The molecule has 1 fully saturated rings. The van der Waals surface area contributed by atoms with Crippen LogP contribution in [0.25, 0.3) is 0 Å². The van der Waals surface area contributed by atoms with Crippen molar-refractivity contribution >= 4 is 6.09 Å². The molecular weight excluding hydrogens is 289 g/mol. The third-order valence-corrected chi connectivity index (χ3v) is 3.25. The van der Waals surface area contributed by atoms with Gasteiger partial charge in [-0.25, -0.2) is 9.18 Å². The number of nitrogens with zero attached hydrogens (tertiary/aromatic N) is 1. The molecular formula is C16H22FNO4. The van der Waals surface area contributed by atoms with Crippen molar-refractivity contribution < 1.29 is 23.8 Å². The molecule has 1 heterocycles. The number of benzene rings is 1. The Morgan fingerprint density at radius 1 is 1.55 bits per heavy atom. The largest absolute Gasteiger partial charge is 0.444 e. The highest BCUT2D eigenvalue weighted by atomic mass is 19.1. The number of hydrogen-bond acceptors (Lipinski definition) is 4. The Morgan fingerprint density at radius 2 is 2.18 bits per heavy atom. The highest BCUT2D eigenvalue weighted by Crippen LogP contribution is 2.36. The number of aliphatic hydroxyl groups is 1. The minimum atomic E-state index is -1.14. The van der Waals surface area contributed by atoms with E-state index in [0.29, 0.717) is 12.2 Å². The molecule has 1 aromatic rings. The summed E-state index contributed by atoms with van der Waals surface area (Å²) in [6.45, 7) is 5.73. The molecule has 1 aliphatic rings. The Labute approximate surface area is 129 Å². The molecule has 6 heteroatoms. The molecule has 0 aliphatic carbocycles. The van der Waals surface area contributed by atoms with E-state index >= 15 is 0 Å². The van der Waals surface area contributed by atoms with Crippen molar-refractivity contribution in [1.29, 1.82) is 0 Å². The first-order valence-corrected chi connectivity index (χ1v) is 7.21. The third-order valence-electron chi connectivity index (χ3n) is 3.25. The zero-order valence-electron chi connectivity index (χ0n) is 13.3. The van der Waals surface area contributed by atoms with Crippen LogP contribution >= 0.6 is 0 Å². The van der Waals surface area contributed by atoms with Crippen LogP contribution in [-0.2, 0) is 9.47 Å². The number of ether oxygens (including phenoxy) is 2. The van der Waals surface area contributed by atoms with Gasteiger partial charge in [-0.1, -0.05) is 12.1 Å². The van der Waals surface area contributed by atoms with Gasteiger partial charge in [0.25, 0.3) is 0 Å². The van der Waals surface area contributed by atoms with Gasteiger partial charge in [-0.3, -0.25) is 0 Å². The summed E-state index contributed by atoms with van der Waals surface area (Å²) in [4.78, 5) is 13.2. The minimum Gasteiger partial charge on any atom is -0.444 e. The van der Waals surface area contributed by atoms with E-state index in [1.807, 2.05) is 0 Å². The smallest absolute Gasteiger partial charge is 0.410 e. The van der Waals surface area contributed by atoms with Crippen LogP contribution in [0.1, 0.15) is 44.1 Å². The van der Waals surface area contributed by atoms with Crippen molar-refractivity contribution in [1.82, 2.24) is 4.90 Å². The van der Waals surface area contributed by atoms with Crippen LogP contribution in [0.15, 0.2) is 18.2 Å². The molecule has 0 spiro atoms. The summed E-state index contributed by atoms with van der Waals surface area (Å²) in [5.74, 6) is -0.502. The van der Waals surface area contributed by atoms with Crippen LogP contribution in [0.2, 0.25) is 0 Å². The Hall–Kier alpha value is -1.66. The Kier molecular flexibility index (Phi) is 4.72. The second kappa shape index (κ2) is 6.22. The summed E-state index contributed by atoms with van der Waals surface area (Å²) in [6, 6.07) is 4.60. The topological polar surface area (TPSA) is 62.3 Å². The van der Waals surface area contributed by atoms with Gasteiger partial charge in [0, 0.05) is 12.6 Å². The van der Waals surface area contributed by atoms with Gasteiger partial charge in [0.05, 0.1) is 19.3 Å². The fourth-order valence-corrected chi connectivity index (χ4v) is 2.18. The van der Waals surface area contributed by atoms with Crippen molar-refractivity contribution in [2.45, 2.75) is 38.6 Å². The molecule has 0 bridgehead atoms. The van der Waals surface area contributed by atoms with Gasteiger partial charge in [-0.15, -0.1) is 0 Å². The van der Waals surface area contributed by atoms with Crippen LogP contribution in [0.3, 0.4) is 0 Å². The van der Waals surface area contributed by atoms with Gasteiger partial charge in [0.15, 0.2) is 0 Å². The first kappa shape index (κ1) is 16.7. The number of aliphatic hydroxyl groups excluding tert-OH is 1. The number of amides is 1. The van der Waals surface area contributed by atoms with E-state index in [-0.39, 0.29) is 18.2 Å². The number of carbonyl (C=O) groups is 1. The van der Waals surface area contributed by atoms with E-state index in [9.17, 15) is 14.3 Å². The van der Waals surface area contributed by atoms with Gasteiger partial charge in [0.2, 0.25) is 0 Å². The zero-order valence-corrected chi connectivity index (χ0v) is 13.3. The van der Waals surface area contributed by atoms with Crippen molar-refractivity contribution in [3.63, 3.8) is 0 Å². The maximum Gasteiger partial charge on any atom is 0.410 e.